The Morgan fingerprint density at radius 3 is 2.39 bits per heavy atom. The second kappa shape index (κ2) is 9.67. The monoisotopic (exact) mass is 390 g/mol. The van der Waals surface area contributed by atoms with Crippen molar-refractivity contribution in [3.8, 4) is 17.6 Å². The number of rotatable bonds is 9. The predicted molar refractivity (Wildman–Crippen MR) is 98.5 cm³/mol. The van der Waals surface area contributed by atoms with Gasteiger partial charge in [-0.1, -0.05) is 0 Å². The maximum Gasteiger partial charge on any atom is 0.185 e. The molecule has 0 heterocycles. The number of Topliss-reactive ketones (excluding diaryl/α,β-unsaturated/α-hetero) is 1. The van der Waals surface area contributed by atoms with Crippen molar-refractivity contribution in [3.05, 3.63) is 53.1 Å². The Balaban J connectivity index is 2.24. The van der Waals surface area contributed by atoms with E-state index in [-0.39, 0.29) is 18.9 Å². The van der Waals surface area contributed by atoms with Crippen molar-refractivity contribution < 1.29 is 27.8 Å². The lowest BCUT2D eigenvalue weighted by molar-refractivity contribution is -0.129. The molecule has 0 amide bonds. The van der Waals surface area contributed by atoms with Crippen molar-refractivity contribution in [2.75, 3.05) is 32.7 Å². The summed E-state index contributed by atoms with van der Waals surface area (Å²) in [6, 6.07) is 8.61. The van der Waals surface area contributed by atoms with Crippen molar-refractivity contribution in [2.24, 2.45) is 0 Å². The zero-order chi connectivity index (χ0) is 20.7. The molecule has 2 aromatic carbocycles. The number of methoxy groups -OCH3 is 2. The Bertz CT molecular complexity index is 873. The standard InChI is InChI=1S/C20H20F2N2O4/c1-4-28-20(19-14(21)8-13(26-2)9-15(19)22)17(25)11-24-16-6-5-12(10-23)7-18(16)27-3/h5-9,20,24H,4,11H2,1-3H3. The van der Waals surface area contributed by atoms with Gasteiger partial charge in [0, 0.05) is 24.8 Å². The van der Waals surface area contributed by atoms with Gasteiger partial charge in [0.15, 0.2) is 5.78 Å². The summed E-state index contributed by atoms with van der Waals surface area (Å²) in [5.41, 5.74) is 0.380. The van der Waals surface area contributed by atoms with Crippen LogP contribution in [0.3, 0.4) is 0 Å². The summed E-state index contributed by atoms with van der Waals surface area (Å²) in [7, 11) is 2.71. The largest absolute Gasteiger partial charge is 0.497 e. The second-order valence-electron chi connectivity index (χ2n) is 5.69. The third-order valence-corrected chi connectivity index (χ3v) is 3.96. The van der Waals surface area contributed by atoms with Crippen molar-refractivity contribution >= 4 is 11.5 Å². The molecule has 1 N–H and O–H groups in total. The van der Waals surface area contributed by atoms with Gasteiger partial charge in [-0.15, -0.1) is 0 Å². The van der Waals surface area contributed by atoms with E-state index in [1.807, 2.05) is 6.07 Å². The van der Waals surface area contributed by atoms with Gasteiger partial charge in [0.25, 0.3) is 0 Å². The average Bonchev–Trinajstić information content (AvgIpc) is 2.70. The molecule has 0 radical (unpaired) electrons. The van der Waals surface area contributed by atoms with E-state index < -0.39 is 29.1 Å². The highest BCUT2D eigenvalue weighted by atomic mass is 19.1. The molecule has 0 aromatic heterocycles. The first-order valence-corrected chi connectivity index (χ1v) is 8.44. The van der Waals surface area contributed by atoms with E-state index in [0.29, 0.717) is 17.0 Å². The van der Waals surface area contributed by atoms with E-state index in [2.05, 4.69) is 5.32 Å². The molecule has 0 bridgehead atoms. The van der Waals surface area contributed by atoms with Gasteiger partial charge in [-0.25, -0.2) is 8.78 Å². The minimum absolute atomic E-state index is 0.00175. The van der Waals surface area contributed by atoms with Gasteiger partial charge in [-0.05, 0) is 19.1 Å². The molecule has 6 nitrogen and oxygen atoms in total. The lowest BCUT2D eigenvalue weighted by Crippen LogP contribution is -2.25. The fraction of sp³-hybridized carbons (Fsp3) is 0.300. The number of hydrogen-bond donors (Lipinski definition) is 1. The quantitative estimate of drug-likeness (QED) is 0.705. The molecule has 0 spiro atoms. The van der Waals surface area contributed by atoms with Crippen molar-refractivity contribution in [3.63, 3.8) is 0 Å². The molecule has 0 saturated heterocycles. The summed E-state index contributed by atoms with van der Waals surface area (Å²) in [4.78, 5) is 12.6. The number of anilines is 1. The first kappa shape index (κ1) is 21.1. The lowest BCUT2D eigenvalue weighted by Gasteiger charge is -2.19. The predicted octanol–water partition coefficient (Wildman–Crippen LogP) is 3.61. The van der Waals surface area contributed by atoms with Gasteiger partial charge < -0.3 is 19.5 Å². The van der Waals surface area contributed by atoms with Gasteiger partial charge in [0.2, 0.25) is 0 Å². The van der Waals surface area contributed by atoms with Crippen LogP contribution in [0.1, 0.15) is 24.2 Å². The SMILES string of the molecule is CCOC(C(=O)CNc1ccc(C#N)cc1OC)c1c(F)cc(OC)cc1F. The first-order valence-electron chi connectivity index (χ1n) is 8.44. The normalized spacial score (nSPS) is 11.4. The summed E-state index contributed by atoms with van der Waals surface area (Å²) in [6.07, 6.45) is -1.42. The highest BCUT2D eigenvalue weighted by Gasteiger charge is 2.28. The molecule has 148 valence electrons. The molecule has 28 heavy (non-hydrogen) atoms. The zero-order valence-electron chi connectivity index (χ0n) is 15.7. The van der Waals surface area contributed by atoms with E-state index >= 15 is 0 Å². The van der Waals surface area contributed by atoms with E-state index in [4.69, 9.17) is 19.5 Å². The van der Waals surface area contributed by atoms with E-state index in [1.54, 1.807) is 19.1 Å². The van der Waals surface area contributed by atoms with Crippen molar-refractivity contribution in [1.82, 2.24) is 0 Å². The van der Waals surface area contributed by atoms with Crippen LogP contribution in [0.25, 0.3) is 0 Å². The topological polar surface area (TPSA) is 80.6 Å². The van der Waals surface area contributed by atoms with Gasteiger partial charge in [-0.2, -0.15) is 5.26 Å². The number of ketones is 1. The first-order chi connectivity index (χ1) is 13.4. The molecule has 0 aliphatic heterocycles. The Kier molecular flexibility index (Phi) is 7.29. The fourth-order valence-electron chi connectivity index (χ4n) is 2.62. The molecule has 0 saturated carbocycles. The molecular formula is C20H20F2N2O4. The maximum absolute atomic E-state index is 14.4. The van der Waals surface area contributed by atoms with Crippen LogP contribution in [0.4, 0.5) is 14.5 Å². The second-order valence-corrected chi connectivity index (χ2v) is 5.69. The molecule has 2 aromatic rings. The molecule has 1 atom stereocenters. The molecule has 0 fully saturated rings. The number of nitrogens with one attached hydrogen (secondary N) is 1. The summed E-state index contributed by atoms with van der Waals surface area (Å²) in [5.74, 6) is -2.07. The number of benzene rings is 2. The smallest absolute Gasteiger partial charge is 0.185 e. The highest BCUT2D eigenvalue weighted by Crippen LogP contribution is 2.30. The summed E-state index contributed by atoms with van der Waals surface area (Å²) >= 11 is 0. The molecule has 8 heteroatoms. The van der Waals surface area contributed by atoms with Crippen LogP contribution in [0.5, 0.6) is 11.5 Å². The fourth-order valence-corrected chi connectivity index (χ4v) is 2.62. The summed E-state index contributed by atoms with van der Waals surface area (Å²) in [6.45, 7) is 1.44. The maximum atomic E-state index is 14.4. The number of nitrogens with zero attached hydrogens (tertiary/aromatic N) is 1. The third kappa shape index (κ3) is 4.75. The molecule has 2 rings (SSSR count). The Morgan fingerprint density at radius 2 is 1.86 bits per heavy atom. The van der Waals surface area contributed by atoms with Crippen LogP contribution in [0.2, 0.25) is 0 Å². The molecule has 0 aliphatic carbocycles. The van der Waals surface area contributed by atoms with E-state index in [9.17, 15) is 13.6 Å². The minimum Gasteiger partial charge on any atom is -0.497 e. The number of ether oxygens (including phenoxy) is 3. The van der Waals surface area contributed by atoms with Crippen LogP contribution < -0.4 is 14.8 Å². The summed E-state index contributed by atoms with van der Waals surface area (Å²) < 4.78 is 44.1. The number of carbonyl (C=O) groups is 1. The molecule has 0 aliphatic rings. The molecule has 1 unspecified atom stereocenters. The third-order valence-electron chi connectivity index (χ3n) is 3.96. The number of hydrogen-bond acceptors (Lipinski definition) is 6. The van der Waals surface area contributed by atoms with E-state index in [0.717, 1.165) is 12.1 Å². The Morgan fingerprint density at radius 1 is 1.18 bits per heavy atom. The van der Waals surface area contributed by atoms with Crippen molar-refractivity contribution in [1.29, 1.82) is 5.26 Å². The van der Waals surface area contributed by atoms with Gasteiger partial charge in [-0.3, -0.25) is 4.79 Å². The number of halogens is 2. The lowest BCUT2D eigenvalue weighted by atomic mass is 10.0. The summed E-state index contributed by atoms with van der Waals surface area (Å²) in [5, 5.41) is 11.8. The van der Waals surface area contributed by atoms with Crippen LogP contribution in [0.15, 0.2) is 30.3 Å². The van der Waals surface area contributed by atoms with Crippen LogP contribution >= 0.6 is 0 Å². The zero-order valence-corrected chi connectivity index (χ0v) is 15.7. The van der Waals surface area contributed by atoms with Gasteiger partial charge in [0.1, 0.15) is 29.2 Å². The Labute approximate surface area is 161 Å². The average molecular weight is 390 g/mol. The van der Waals surface area contributed by atoms with Crippen LogP contribution in [-0.2, 0) is 9.53 Å². The molecular weight excluding hydrogens is 370 g/mol. The number of nitriles is 1. The van der Waals surface area contributed by atoms with Crippen LogP contribution in [-0.4, -0.2) is 33.2 Å². The van der Waals surface area contributed by atoms with Gasteiger partial charge >= 0.3 is 0 Å². The number of carbonyl (C=O) groups excluding carboxylic acids is 1. The highest BCUT2D eigenvalue weighted by molar-refractivity contribution is 5.88. The van der Waals surface area contributed by atoms with Crippen molar-refractivity contribution in [2.45, 2.75) is 13.0 Å². The van der Waals surface area contributed by atoms with E-state index in [1.165, 1.54) is 20.3 Å². The Hall–Kier alpha value is -3.18. The minimum atomic E-state index is -1.42. The van der Waals surface area contributed by atoms with Crippen LogP contribution in [0, 0.1) is 23.0 Å². The van der Waals surface area contributed by atoms with Gasteiger partial charge in [0.05, 0.1) is 43.6 Å².